The van der Waals surface area contributed by atoms with Crippen LogP contribution in [0.15, 0.2) is 36.5 Å². The summed E-state index contributed by atoms with van der Waals surface area (Å²) in [5.41, 5.74) is -0.313. The van der Waals surface area contributed by atoms with Crippen molar-refractivity contribution in [2.75, 3.05) is 0 Å². The van der Waals surface area contributed by atoms with E-state index < -0.39 is 17.8 Å². The maximum Gasteiger partial charge on any atom is 0.416 e. The normalized spacial score (nSPS) is 13.0. The van der Waals surface area contributed by atoms with Gasteiger partial charge in [0, 0.05) is 13.1 Å². The molecular weight excluding hydrogens is 285 g/mol. The zero-order valence-electron chi connectivity index (χ0n) is 11.4. The minimum Gasteiger partial charge on any atom is -0.484 e. The Labute approximate surface area is 119 Å². The molecule has 0 aliphatic heterocycles. The molecule has 1 heterocycles. The van der Waals surface area contributed by atoms with Gasteiger partial charge in [-0.15, -0.1) is 0 Å². The van der Waals surface area contributed by atoms with Gasteiger partial charge in [-0.05, 0) is 31.2 Å². The second-order valence-electron chi connectivity index (χ2n) is 4.47. The smallest absolute Gasteiger partial charge is 0.416 e. The molecular formula is C14H13F3N2O2. The van der Waals surface area contributed by atoms with Crippen LogP contribution in [0.3, 0.4) is 0 Å². The zero-order chi connectivity index (χ0) is 15.6. The number of hydrogen-bond acceptors (Lipinski definition) is 3. The lowest BCUT2D eigenvalue weighted by Gasteiger charge is -2.16. The minimum atomic E-state index is -4.43. The maximum absolute atomic E-state index is 12.6. The van der Waals surface area contributed by atoms with Gasteiger partial charge in [0.25, 0.3) is 0 Å². The van der Waals surface area contributed by atoms with Crippen LogP contribution in [0.5, 0.6) is 5.75 Å². The SMILES string of the molecule is CC(=O)n1nccc1[C@@H](C)Oc1cccc(C(F)(F)F)c1. The van der Waals surface area contributed by atoms with E-state index in [-0.39, 0.29) is 11.7 Å². The average molecular weight is 298 g/mol. The van der Waals surface area contributed by atoms with Gasteiger partial charge < -0.3 is 4.74 Å². The largest absolute Gasteiger partial charge is 0.484 e. The van der Waals surface area contributed by atoms with Crippen LogP contribution in [0.2, 0.25) is 0 Å². The predicted octanol–water partition coefficient (Wildman–Crippen LogP) is 3.70. The van der Waals surface area contributed by atoms with Crippen LogP contribution in [0.4, 0.5) is 13.2 Å². The third-order valence-corrected chi connectivity index (χ3v) is 2.86. The Morgan fingerprint density at radius 3 is 2.67 bits per heavy atom. The quantitative estimate of drug-likeness (QED) is 0.867. The molecule has 0 radical (unpaired) electrons. The molecule has 0 aliphatic carbocycles. The van der Waals surface area contributed by atoms with Gasteiger partial charge in [-0.2, -0.15) is 18.3 Å². The zero-order valence-corrected chi connectivity index (χ0v) is 11.4. The molecule has 7 heteroatoms. The first kappa shape index (κ1) is 15.1. The van der Waals surface area contributed by atoms with Crippen molar-refractivity contribution in [3.05, 3.63) is 47.8 Å². The van der Waals surface area contributed by atoms with E-state index in [9.17, 15) is 18.0 Å². The molecule has 0 aliphatic rings. The molecule has 4 nitrogen and oxygen atoms in total. The fourth-order valence-corrected chi connectivity index (χ4v) is 1.89. The van der Waals surface area contributed by atoms with Gasteiger partial charge in [0.1, 0.15) is 11.9 Å². The number of carbonyl (C=O) groups excluding carboxylic acids is 1. The van der Waals surface area contributed by atoms with Crippen molar-refractivity contribution in [3.8, 4) is 5.75 Å². The van der Waals surface area contributed by atoms with Gasteiger partial charge >= 0.3 is 6.18 Å². The summed E-state index contributed by atoms with van der Waals surface area (Å²) in [5.74, 6) is -0.219. The van der Waals surface area contributed by atoms with Crippen LogP contribution in [0.25, 0.3) is 0 Å². The molecule has 2 rings (SSSR count). The molecule has 112 valence electrons. The minimum absolute atomic E-state index is 0.0774. The number of rotatable bonds is 3. The molecule has 2 aromatic rings. The monoisotopic (exact) mass is 298 g/mol. The van der Waals surface area contributed by atoms with E-state index in [1.165, 1.54) is 25.3 Å². The molecule has 0 N–H and O–H groups in total. The van der Waals surface area contributed by atoms with E-state index in [0.717, 1.165) is 16.8 Å². The van der Waals surface area contributed by atoms with Crippen LogP contribution in [-0.2, 0) is 6.18 Å². The molecule has 1 atom stereocenters. The fourth-order valence-electron chi connectivity index (χ4n) is 1.89. The maximum atomic E-state index is 12.6. The fraction of sp³-hybridized carbons (Fsp3) is 0.286. The Balaban J connectivity index is 2.22. The lowest BCUT2D eigenvalue weighted by Crippen LogP contribution is -2.16. The van der Waals surface area contributed by atoms with Gasteiger partial charge in [0.2, 0.25) is 5.91 Å². The summed E-state index contributed by atoms with van der Waals surface area (Å²) in [4.78, 5) is 11.4. The van der Waals surface area contributed by atoms with E-state index in [1.807, 2.05) is 0 Å². The highest BCUT2D eigenvalue weighted by atomic mass is 19.4. The van der Waals surface area contributed by atoms with E-state index in [1.54, 1.807) is 13.0 Å². The van der Waals surface area contributed by atoms with Crippen molar-refractivity contribution < 1.29 is 22.7 Å². The molecule has 0 saturated heterocycles. The Morgan fingerprint density at radius 2 is 2.05 bits per heavy atom. The number of carbonyl (C=O) groups is 1. The number of hydrogen-bond donors (Lipinski definition) is 0. The van der Waals surface area contributed by atoms with Crippen LogP contribution in [-0.4, -0.2) is 15.7 Å². The summed E-state index contributed by atoms with van der Waals surface area (Å²) in [5, 5.41) is 3.84. The summed E-state index contributed by atoms with van der Waals surface area (Å²) in [6.45, 7) is 2.98. The molecule has 0 spiro atoms. The van der Waals surface area contributed by atoms with Crippen LogP contribution < -0.4 is 4.74 Å². The highest BCUT2D eigenvalue weighted by Crippen LogP contribution is 2.32. The van der Waals surface area contributed by atoms with E-state index in [2.05, 4.69) is 5.10 Å². The van der Waals surface area contributed by atoms with Crippen molar-refractivity contribution in [1.82, 2.24) is 9.78 Å². The Morgan fingerprint density at radius 1 is 1.33 bits per heavy atom. The molecule has 0 unspecified atom stereocenters. The first-order valence-electron chi connectivity index (χ1n) is 6.18. The van der Waals surface area contributed by atoms with Crippen molar-refractivity contribution in [3.63, 3.8) is 0 Å². The molecule has 0 saturated carbocycles. The van der Waals surface area contributed by atoms with Gasteiger partial charge in [-0.3, -0.25) is 4.79 Å². The summed E-state index contributed by atoms with van der Waals surface area (Å²) in [6.07, 6.45) is -3.60. The van der Waals surface area contributed by atoms with Crippen molar-refractivity contribution in [2.45, 2.75) is 26.1 Å². The van der Waals surface area contributed by atoms with Crippen molar-refractivity contribution >= 4 is 5.91 Å². The predicted molar refractivity (Wildman–Crippen MR) is 69.0 cm³/mol. The molecule has 0 bridgehead atoms. The van der Waals surface area contributed by atoms with Gasteiger partial charge in [0.15, 0.2) is 0 Å². The molecule has 0 fully saturated rings. The highest BCUT2D eigenvalue weighted by Gasteiger charge is 2.30. The Hall–Kier alpha value is -2.31. The molecule has 1 aromatic carbocycles. The Kier molecular flexibility index (Phi) is 4.02. The van der Waals surface area contributed by atoms with Crippen molar-refractivity contribution in [2.24, 2.45) is 0 Å². The molecule has 1 aromatic heterocycles. The van der Waals surface area contributed by atoms with Crippen LogP contribution in [0.1, 0.15) is 36.0 Å². The molecule has 21 heavy (non-hydrogen) atoms. The van der Waals surface area contributed by atoms with Crippen molar-refractivity contribution in [1.29, 1.82) is 0 Å². The van der Waals surface area contributed by atoms with Crippen LogP contribution in [0, 0.1) is 0 Å². The second kappa shape index (κ2) is 5.59. The summed E-state index contributed by atoms with van der Waals surface area (Å²) >= 11 is 0. The standard InChI is InChI=1S/C14H13F3N2O2/c1-9(13-6-7-18-19(13)10(2)20)21-12-5-3-4-11(8-12)14(15,16)17/h3-9H,1-2H3/t9-/m1/s1. The summed E-state index contributed by atoms with van der Waals surface area (Å²) in [6, 6.07) is 6.18. The third-order valence-electron chi connectivity index (χ3n) is 2.86. The second-order valence-corrected chi connectivity index (χ2v) is 4.47. The summed E-state index contributed by atoms with van der Waals surface area (Å²) in [7, 11) is 0. The van der Waals surface area contributed by atoms with Gasteiger partial charge in [-0.1, -0.05) is 6.07 Å². The van der Waals surface area contributed by atoms with E-state index in [4.69, 9.17) is 4.74 Å². The lowest BCUT2D eigenvalue weighted by atomic mass is 10.2. The van der Waals surface area contributed by atoms with E-state index in [0.29, 0.717) is 5.69 Å². The first-order chi connectivity index (χ1) is 9.79. The van der Waals surface area contributed by atoms with Crippen LogP contribution >= 0.6 is 0 Å². The number of alkyl halides is 3. The van der Waals surface area contributed by atoms with E-state index >= 15 is 0 Å². The molecule has 0 amide bonds. The number of halogens is 3. The number of aromatic nitrogens is 2. The first-order valence-corrected chi connectivity index (χ1v) is 6.18. The number of nitrogens with zero attached hydrogens (tertiary/aromatic N) is 2. The number of benzene rings is 1. The topological polar surface area (TPSA) is 44.1 Å². The highest BCUT2D eigenvalue weighted by molar-refractivity contribution is 5.75. The lowest BCUT2D eigenvalue weighted by molar-refractivity contribution is -0.137. The summed E-state index contributed by atoms with van der Waals surface area (Å²) < 4.78 is 44.5. The van der Waals surface area contributed by atoms with Gasteiger partial charge in [0.05, 0.1) is 11.3 Å². The Bertz CT molecular complexity index is 650. The average Bonchev–Trinajstić information content (AvgIpc) is 2.87. The number of ether oxygens (including phenoxy) is 1. The third kappa shape index (κ3) is 3.42. The van der Waals surface area contributed by atoms with Gasteiger partial charge in [-0.25, -0.2) is 4.68 Å².